The Labute approximate surface area is 211 Å². The van der Waals surface area contributed by atoms with Gasteiger partial charge in [-0.05, 0) is 46.5 Å². The van der Waals surface area contributed by atoms with E-state index in [1.807, 2.05) is 30.0 Å². The lowest BCUT2D eigenvalue weighted by Crippen LogP contribution is -2.25. The lowest BCUT2D eigenvalue weighted by Gasteiger charge is -2.23. The van der Waals surface area contributed by atoms with Crippen molar-refractivity contribution < 1.29 is 0 Å². The van der Waals surface area contributed by atoms with Gasteiger partial charge in [-0.3, -0.25) is 4.68 Å². The van der Waals surface area contributed by atoms with Gasteiger partial charge in [0.15, 0.2) is 0 Å². The highest BCUT2D eigenvalue weighted by Crippen LogP contribution is 2.40. The first-order valence-corrected chi connectivity index (χ1v) is 13.2. The van der Waals surface area contributed by atoms with E-state index in [9.17, 15) is 5.26 Å². The van der Waals surface area contributed by atoms with Crippen LogP contribution in [0.5, 0.6) is 0 Å². The summed E-state index contributed by atoms with van der Waals surface area (Å²) in [6.07, 6.45) is 11.7. The molecule has 1 saturated heterocycles. The fourth-order valence-corrected chi connectivity index (χ4v) is 6.29. The second kappa shape index (κ2) is 10.0. The number of thiophene rings is 1. The average molecular weight is 533 g/mol. The maximum Gasteiger partial charge on any atom is 0.137 e. The summed E-state index contributed by atoms with van der Waals surface area (Å²) in [5.74, 6) is 7.14. The van der Waals surface area contributed by atoms with E-state index in [0.717, 1.165) is 76.0 Å². The second-order valence-electron chi connectivity index (χ2n) is 8.55. The Balaban J connectivity index is 1.43. The van der Waals surface area contributed by atoms with Gasteiger partial charge in [0.05, 0.1) is 12.2 Å². The topological polar surface area (TPSA) is 73.5 Å². The Morgan fingerprint density at radius 3 is 3.12 bits per heavy atom. The van der Waals surface area contributed by atoms with Crippen molar-refractivity contribution in [2.24, 2.45) is 5.92 Å². The van der Waals surface area contributed by atoms with E-state index in [1.165, 1.54) is 0 Å². The number of nitriles is 1. The molecule has 1 N–H and O–H groups in total. The number of pyridine rings is 1. The molecule has 172 valence electrons. The second-order valence-corrected chi connectivity index (χ2v) is 10.3. The number of unbranched alkanes of at least 4 members (excludes halogenated alkanes) is 1. The predicted molar refractivity (Wildman–Crippen MR) is 141 cm³/mol. The number of H-pyrrole nitrogens is 1. The normalized spacial score (nSPS) is 16.4. The van der Waals surface area contributed by atoms with Crippen molar-refractivity contribution >= 4 is 43.3 Å². The van der Waals surface area contributed by atoms with Crippen molar-refractivity contribution in [2.75, 3.05) is 18.0 Å². The predicted octanol–water partition coefficient (Wildman–Crippen LogP) is 6.38. The van der Waals surface area contributed by atoms with E-state index in [4.69, 9.17) is 5.10 Å². The number of nitrogens with zero attached hydrogens (tertiary/aromatic N) is 5. The molecule has 0 aliphatic carbocycles. The molecule has 4 aromatic rings. The van der Waals surface area contributed by atoms with Crippen molar-refractivity contribution in [3.05, 3.63) is 52.3 Å². The molecule has 5 rings (SSSR count). The number of nitrogens with one attached hydrogen (secondary N) is 1. The number of hydrogen-bond acceptors (Lipinski definition) is 5. The zero-order valence-corrected chi connectivity index (χ0v) is 21.4. The van der Waals surface area contributed by atoms with Crippen LogP contribution in [0.4, 0.5) is 5.00 Å². The highest BCUT2D eigenvalue weighted by atomic mass is 79.9. The summed E-state index contributed by atoms with van der Waals surface area (Å²) in [7, 11) is 0. The summed E-state index contributed by atoms with van der Waals surface area (Å²) in [6, 6.07) is 6.64. The molecule has 4 aromatic heterocycles. The Morgan fingerprint density at radius 2 is 2.26 bits per heavy atom. The van der Waals surface area contributed by atoms with Crippen LogP contribution in [0.25, 0.3) is 22.2 Å². The highest BCUT2D eigenvalue weighted by Gasteiger charge is 2.33. The lowest BCUT2D eigenvalue weighted by molar-refractivity contribution is 0.333. The van der Waals surface area contributed by atoms with Crippen LogP contribution in [-0.4, -0.2) is 32.8 Å². The summed E-state index contributed by atoms with van der Waals surface area (Å²) in [5, 5.41) is 18.6. The van der Waals surface area contributed by atoms with Gasteiger partial charge in [-0.15, -0.1) is 23.2 Å². The smallest absolute Gasteiger partial charge is 0.137 e. The summed E-state index contributed by atoms with van der Waals surface area (Å²) >= 11 is 5.15. The van der Waals surface area contributed by atoms with Crippen molar-refractivity contribution in [1.29, 1.82) is 5.26 Å². The van der Waals surface area contributed by atoms with Gasteiger partial charge in [0.25, 0.3) is 0 Å². The van der Waals surface area contributed by atoms with Crippen LogP contribution in [0.1, 0.15) is 44.2 Å². The molecule has 0 saturated carbocycles. The van der Waals surface area contributed by atoms with E-state index >= 15 is 0 Å². The number of rotatable bonds is 6. The average Bonchev–Trinajstić information content (AvgIpc) is 3.65. The third-order valence-corrected chi connectivity index (χ3v) is 8.39. The molecular formula is C26H25BrN6S. The quantitative estimate of drug-likeness (QED) is 0.292. The van der Waals surface area contributed by atoms with Gasteiger partial charge in [-0.1, -0.05) is 6.92 Å². The van der Waals surface area contributed by atoms with Crippen molar-refractivity contribution in [1.82, 2.24) is 19.7 Å². The summed E-state index contributed by atoms with van der Waals surface area (Å²) in [6.45, 7) is 3.99. The zero-order chi connectivity index (χ0) is 23.5. The number of aromatic nitrogens is 4. The number of aromatic amines is 1. The van der Waals surface area contributed by atoms with Crippen LogP contribution in [0, 0.1) is 29.1 Å². The van der Waals surface area contributed by atoms with Gasteiger partial charge in [0.1, 0.15) is 22.3 Å². The van der Waals surface area contributed by atoms with Gasteiger partial charge >= 0.3 is 0 Å². The Hall–Kier alpha value is -3.07. The van der Waals surface area contributed by atoms with Crippen molar-refractivity contribution in [3.8, 4) is 29.0 Å². The number of fused-ring (bicyclic) bond motifs is 1. The SMILES string of the molecule is CCCC#CCC(C1CCN(c2scc(Br)c2C#N)C1)n1cc(-c2ccnc3[nH]ccc23)cn1. The molecule has 1 aliphatic rings. The fourth-order valence-electron chi connectivity index (χ4n) is 4.68. The first-order chi connectivity index (χ1) is 16.7. The third kappa shape index (κ3) is 4.36. The largest absolute Gasteiger partial charge is 0.362 e. The van der Waals surface area contributed by atoms with Crippen molar-refractivity contribution in [3.63, 3.8) is 0 Å². The lowest BCUT2D eigenvalue weighted by atomic mass is 9.96. The molecule has 0 bridgehead atoms. The van der Waals surface area contributed by atoms with Crippen LogP contribution in [0.3, 0.4) is 0 Å². The standard InChI is InChI=1S/C26H25BrN6S/c1-2-3-4-5-6-24(18-9-12-32(15-18)26-22(13-28)23(27)17-34-26)33-16-19(14-31-33)20-7-10-29-25-21(20)8-11-30-25/h7-8,10-11,14,16-18,24H,2-3,6,9,12,15H2,1H3,(H,29,30). The first-order valence-electron chi connectivity index (χ1n) is 11.5. The van der Waals surface area contributed by atoms with Crippen LogP contribution in [-0.2, 0) is 0 Å². The minimum absolute atomic E-state index is 0.181. The monoisotopic (exact) mass is 532 g/mol. The number of anilines is 1. The highest BCUT2D eigenvalue weighted by molar-refractivity contribution is 9.10. The molecule has 8 heteroatoms. The first kappa shape index (κ1) is 22.7. The van der Waals surface area contributed by atoms with E-state index in [0.29, 0.717) is 5.92 Å². The van der Waals surface area contributed by atoms with Crippen LogP contribution < -0.4 is 4.90 Å². The van der Waals surface area contributed by atoms with Gasteiger partial charge in [-0.2, -0.15) is 10.4 Å². The molecule has 1 aliphatic heterocycles. The maximum absolute atomic E-state index is 9.60. The van der Waals surface area contributed by atoms with Crippen LogP contribution in [0.15, 0.2) is 46.8 Å². The van der Waals surface area contributed by atoms with Gasteiger partial charge in [0.2, 0.25) is 0 Å². The number of halogens is 1. The van der Waals surface area contributed by atoms with E-state index in [1.54, 1.807) is 11.3 Å². The molecule has 2 atom stereocenters. The van der Waals surface area contributed by atoms with Gasteiger partial charge in [-0.25, -0.2) is 4.98 Å². The van der Waals surface area contributed by atoms with Gasteiger partial charge in [0, 0.05) is 71.2 Å². The molecule has 2 unspecified atom stereocenters. The summed E-state index contributed by atoms with van der Waals surface area (Å²) in [4.78, 5) is 9.95. The third-order valence-electron chi connectivity index (χ3n) is 6.42. The van der Waals surface area contributed by atoms with Gasteiger partial charge < -0.3 is 9.88 Å². The Bertz CT molecular complexity index is 1400. The molecule has 0 radical (unpaired) electrons. The van der Waals surface area contributed by atoms with E-state index in [2.05, 4.69) is 72.6 Å². The maximum atomic E-state index is 9.60. The molecule has 34 heavy (non-hydrogen) atoms. The Morgan fingerprint density at radius 1 is 1.35 bits per heavy atom. The van der Waals surface area contributed by atoms with E-state index < -0.39 is 0 Å². The molecule has 0 spiro atoms. The number of hydrogen-bond donors (Lipinski definition) is 1. The molecule has 1 fully saturated rings. The van der Waals surface area contributed by atoms with Crippen molar-refractivity contribution in [2.45, 2.75) is 38.6 Å². The summed E-state index contributed by atoms with van der Waals surface area (Å²) in [5.41, 5.74) is 3.83. The zero-order valence-electron chi connectivity index (χ0n) is 19.0. The summed E-state index contributed by atoms with van der Waals surface area (Å²) < 4.78 is 2.99. The minimum atomic E-state index is 0.181. The molecular weight excluding hydrogens is 508 g/mol. The molecule has 5 heterocycles. The van der Waals surface area contributed by atoms with Crippen LogP contribution in [0.2, 0.25) is 0 Å². The molecule has 0 amide bonds. The minimum Gasteiger partial charge on any atom is -0.362 e. The van der Waals surface area contributed by atoms with Crippen LogP contribution >= 0.6 is 27.3 Å². The fraction of sp³-hybridized carbons (Fsp3) is 0.346. The Kier molecular flexibility index (Phi) is 6.71. The van der Waals surface area contributed by atoms with E-state index in [-0.39, 0.29) is 6.04 Å². The molecule has 6 nitrogen and oxygen atoms in total. The molecule has 0 aromatic carbocycles.